The van der Waals surface area contributed by atoms with Gasteiger partial charge in [-0.05, 0) is 41.5 Å². The van der Waals surface area contributed by atoms with E-state index in [4.69, 9.17) is 14.2 Å². The second kappa shape index (κ2) is 7.20. The minimum Gasteiger partial charge on any atom is -0.376 e. The van der Waals surface area contributed by atoms with Gasteiger partial charge >= 0.3 is 0 Å². The van der Waals surface area contributed by atoms with Crippen molar-refractivity contribution in [2.24, 2.45) is 0 Å². The van der Waals surface area contributed by atoms with Crippen molar-refractivity contribution in [1.82, 2.24) is 0 Å². The van der Waals surface area contributed by atoms with Gasteiger partial charge in [-0.25, -0.2) is 0 Å². The molecule has 0 aromatic heterocycles. The van der Waals surface area contributed by atoms with Gasteiger partial charge in [-0.3, -0.25) is 0 Å². The van der Waals surface area contributed by atoms with Gasteiger partial charge in [0.2, 0.25) is 0 Å². The minimum absolute atomic E-state index is 0.1000. The second-order valence-electron chi connectivity index (χ2n) is 5.04. The second-order valence-corrected chi connectivity index (χ2v) is 5.04. The van der Waals surface area contributed by atoms with Crippen molar-refractivity contribution in [3.8, 4) is 0 Å². The maximum absolute atomic E-state index is 5.70. The van der Waals surface area contributed by atoms with E-state index in [2.05, 4.69) is 0 Å². The van der Waals surface area contributed by atoms with E-state index in [0.29, 0.717) is 19.8 Å². The standard InChI is InChI=1S/C12H26O3/c1-10(2)14-8-7-13-9-11(3)15-12(4,5)6/h10-11H,7-9H2,1-6H3. The third-order valence-electron chi connectivity index (χ3n) is 1.59. The van der Waals surface area contributed by atoms with E-state index in [1.54, 1.807) is 0 Å². The predicted molar refractivity (Wildman–Crippen MR) is 62.2 cm³/mol. The van der Waals surface area contributed by atoms with E-state index < -0.39 is 0 Å². The molecule has 0 aliphatic heterocycles. The van der Waals surface area contributed by atoms with E-state index in [-0.39, 0.29) is 17.8 Å². The number of rotatable bonds is 7. The quantitative estimate of drug-likeness (QED) is 0.615. The first-order chi connectivity index (χ1) is 6.81. The first-order valence-electron chi connectivity index (χ1n) is 5.68. The highest BCUT2D eigenvalue weighted by atomic mass is 16.6. The Kier molecular flexibility index (Phi) is 7.14. The molecule has 3 heteroatoms. The summed E-state index contributed by atoms with van der Waals surface area (Å²) in [6.07, 6.45) is 0.404. The molecule has 0 amide bonds. The Labute approximate surface area is 94.1 Å². The van der Waals surface area contributed by atoms with E-state index in [1.807, 2.05) is 41.5 Å². The van der Waals surface area contributed by atoms with Crippen LogP contribution < -0.4 is 0 Å². The van der Waals surface area contributed by atoms with Crippen LogP contribution in [0.4, 0.5) is 0 Å². The molecule has 0 aromatic carbocycles. The fourth-order valence-corrected chi connectivity index (χ4v) is 1.23. The van der Waals surface area contributed by atoms with Crippen LogP contribution in [0, 0.1) is 0 Å². The van der Waals surface area contributed by atoms with Crippen LogP contribution in [0.1, 0.15) is 41.5 Å². The van der Waals surface area contributed by atoms with Gasteiger partial charge < -0.3 is 14.2 Å². The van der Waals surface area contributed by atoms with Crippen LogP contribution in [0.15, 0.2) is 0 Å². The van der Waals surface area contributed by atoms with Crippen molar-refractivity contribution in [3.05, 3.63) is 0 Å². The van der Waals surface area contributed by atoms with Crippen molar-refractivity contribution in [2.75, 3.05) is 19.8 Å². The molecule has 1 atom stereocenters. The van der Waals surface area contributed by atoms with Crippen LogP contribution in [0.2, 0.25) is 0 Å². The van der Waals surface area contributed by atoms with Gasteiger partial charge in [0.15, 0.2) is 0 Å². The topological polar surface area (TPSA) is 27.7 Å². The lowest BCUT2D eigenvalue weighted by Crippen LogP contribution is -2.29. The fraction of sp³-hybridized carbons (Fsp3) is 1.00. The van der Waals surface area contributed by atoms with Gasteiger partial charge in [0.25, 0.3) is 0 Å². The normalized spacial score (nSPS) is 14.6. The molecular formula is C12H26O3. The maximum atomic E-state index is 5.70. The number of hydrogen-bond donors (Lipinski definition) is 0. The molecule has 0 aromatic rings. The van der Waals surface area contributed by atoms with Gasteiger partial charge in [0, 0.05) is 0 Å². The van der Waals surface area contributed by atoms with Crippen LogP contribution >= 0.6 is 0 Å². The Morgan fingerprint density at radius 3 is 2.07 bits per heavy atom. The van der Waals surface area contributed by atoms with Crippen LogP contribution in [-0.4, -0.2) is 37.6 Å². The summed E-state index contributed by atoms with van der Waals surface area (Å²) < 4.78 is 16.5. The summed E-state index contributed by atoms with van der Waals surface area (Å²) in [6.45, 7) is 14.1. The molecule has 0 radical (unpaired) electrons. The molecule has 15 heavy (non-hydrogen) atoms. The molecule has 92 valence electrons. The Balaban J connectivity index is 3.36. The van der Waals surface area contributed by atoms with Gasteiger partial charge in [-0.2, -0.15) is 0 Å². The summed E-state index contributed by atoms with van der Waals surface area (Å²) in [7, 11) is 0. The first-order valence-corrected chi connectivity index (χ1v) is 5.68. The average Bonchev–Trinajstić information content (AvgIpc) is 1.99. The Bertz CT molecular complexity index is 149. The molecular weight excluding hydrogens is 192 g/mol. The third-order valence-corrected chi connectivity index (χ3v) is 1.59. The van der Waals surface area contributed by atoms with Crippen LogP contribution in [0.3, 0.4) is 0 Å². The summed E-state index contributed by atoms with van der Waals surface area (Å²) in [6, 6.07) is 0. The molecule has 0 spiro atoms. The molecule has 3 nitrogen and oxygen atoms in total. The highest BCUT2D eigenvalue weighted by molar-refractivity contribution is 4.62. The number of hydrogen-bond acceptors (Lipinski definition) is 3. The van der Waals surface area contributed by atoms with Crippen molar-refractivity contribution >= 4 is 0 Å². The van der Waals surface area contributed by atoms with Gasteiger partial charge in [0.1, 0.15) is 0 Å². The van der Waals surface area contributed by atoms with Gasteiger partial charge in [-0.1, -0.05) is 0 Å². The van der Waals surface area contributed by atoms with E-state index in [1.165, 1.54) is 0 Å². The Morgan fingerprint density at radius 1 is 1.00 bits per heavy atom. The summed E-state index contributed by atoms with van der Waals surface area (Å²) in [5.41, 5.74) is -0.1000. The zero-order valence-corrected chi connectivity index (χ0v) is 11.0. The third kappa shape index (κ3) is 11.8. The molecule has 1 unspecified atom stereocenters. The van der Waals surface area contributed by atoms with Crippen LogP contribution in [-0.2, 0) is 14.2 Å². The lowest BCUT2D eigenvalue weighted by molar-refractivity contribution is -0.0900. The van der Waals surface area contributed by atoms with Crippen molar-refractivity contribution in [1.29, 1.82) is 0 Å². The lowest BCUT2D eigenvalue weighted by atomic mass is 10.2. The van der Waals surface area contributed by atoms with Crippen molar-refractivity contribution < 1.29 is 14.2 Å². The molecule has 0 aliphatic rings. The summed E-state index contributed by atoms with van der Waals surface area (Å²) in [5, 5.41) is 0. The average molecular weight is 218 g/mol. The molecule has 0 rings (SSSR count). The molecule has 0 fully saturated rings. The molecule has 0 heterocycles. The van der Waals surface area contributed by atoms with Gasteiger partial charge in [-0.15, -0.1) is 0 Å². The highest BCUT2D eigenvalue weighted by Crippen LogP contribution is 2.10. The molecule has 0 N–H and O–H groups in total. The minimum atomic E-state index is -0.1000. The Hall–Kier alpha value is -0.120. The lowest BCUT2D eigenvalue weighted by Gasteiger charge is -2.24. The summed E-state index contributed by atoms with van der Waals surface area (Å²) in [4.78, 5) is 0. The predicted octanol–water partition coefficient (Wildman–Crippen LogP) is 2.63. The molecule has 0 saturated heterocycles. The van der Waals surface area contributed by atoms with Gasteiger partial charge in [0.05, 0.1) is 37.6 Å². The maximum Gasteiger partial charge on any atom is 0.0787 e. The molecule has 0 saturated carbocycles. The highest BCUT2D eigenvalue weighted by Gasteiger charge is 2.14. The monoisotopic (exact) mass is 218 g/mol. The zero-order valence-electron chi connectivity index (χ0n) is 11.0. The largest absolute Gasteiger partial charge is 0.376 e. The van der Waals surface area contributed by atoms with Crippen LogP contribution in [0.5, 0.6) is 0 Å². The molecule has 0 bridgehead atoms. The zero-order chi connectivity index (χ0) is 11.9. The smallest absolute Gasteiger partial charge is 0.0787 e. The van der Waals surface area contributed by atoms with E-state index in [0.717, 1.165) is 0 Å². The fourth-order valence-electron chi connectivity index (χ4n) is 1.23. The van der Waals surface area contributed by atoms with Crippen molar-refractivity contribution in [2.45, 2.75) is 59.4 Å². The van der Waals surface area contributed by atoms with Crippen LogP contribution in [0.25, 0.3) is 0 Å². The SMILES string of the molecule is CC(C)OCCOCC(C)OC(C)(C)C. The Morgan fingerprint density at radius 2 is 1.60 bits per heavy atom. The first kappa shape index (κ1) is 14.9. The summed E-state index contributed by atoms with van der Waals surface area (Å²) in [5.74, 6) is 0. The van der Waals surface area contributed by atoms with Crippen molar-refractivity contribution in [3.63, 3.8) is 0 Å². The number of ether oxygens (including phenoxy) is 3. The van der Waals surface area contributed by atoms with E-state index >= 15 is 0 Å². The van der Waals surface area contributed by atoms with E-state index in [9.17, 15) is 0 Å². The summed E-state index contributed by atoms with van der Waals surface area (Å²) >= 11 is 0. The molecule has 0 aliphatic carbocycles.